The van der Waals surface area contributed by atoms with Crippen LogP contribution in [-0.4, -0.2) is 11.1 Å². The van der Waals surface area contributed by atoms with Gasteiger partial charge < -0.3 is 5.11 Å². The van der Waals surface area contributed by atoms with E-state index >= 15 is 0 Å². The molecule has 1 saturated carbocycles. The maximum Gasteiger partial charge on any atom is 0.309 e. The zero-order valence-corrected chi connectivity index (χ0v) is 14.5. The van der Waals surface area contributed by atoms with Crippen LogP contribution in [0.1, 0.15) is 66.2 Å². The maximum atomic E-state index is 11.9. The number of rotatable bonds is 2. The van der Waals surface area contributed by atoms with Gasteiger partial charge in [0.15, 0.2) is 0 Å². The van der Waals surface area contributed by atoms with E-state index in [9.17, 15) is 9.90 Å². The molecule has 122 valence electrons. The molecule has 3 aliphatic rings. The van der Waals surface area contributed by atoms with Crippen molar-refractivity contribution in [3.8, 4) is 0 Å². The monoisotopic (exact) mass is 302 g/mol. The zero-order chi connectivity index (χ0) is 16.1. The summed E-state index contributed by atoms with van der Waals surface area (Å²) in [7, 11) is 0. The Bertz CT molecular complexity index is 542. The SMILES string of the molecule is CC(C)C1=CC2=CC[C@@H]3[C@](C)(CCC[C@]3(C)C(=O)O)[C@@H]2CC1. The molecule has 0 aromatic rings. The van der Waals surface area contributed by atoms with Crippen LogP contribution in [0.3, 0.4) is 0 Å². The van der Waals surface area contributed by atoms with Crippen LogP contribution in [-0.2, 0) is 4.79 Å². The van der Waals surface area contributed by atoms with Crippen LogP contribution < -0.4 is 0 Å². The van der Waals surface area contributed by atoms with Crippen LogP contribution >= 0.6 is 0 Å². The van der Waals surface area contributed by atoms with E-state index in [1.165, 1.54) is 24.8 Å². The molecule has 0 heterocycles. The predicted molar refractivity (Wildman–Crippen MR) is 89.5 cm³/mol. The molecule has 1 fully saturated rings. The van der Waals surface area contributed by atoms with Gasteiger partial charge in [0.2, 0.25) is 0 Å². The number of carbonyl (C=O) groups is 1. The highest BCUT2D eigenvalue weighted by atomic mass is 16.4. The molecule has 0 unspecified atom stereocenters. The summed E-state index contributed by atoms with van der Waals surface area (Å²) in [5.41, 5.74) is 2.69. The molecule has 0 spiro atoms. The number of fused-ring (bicyclic) bond motifs is 3. The summed E-state index contributed by atoms with van der Waals surface area (Å²) in [4.78, 5) is 11.9. The lowest BCUT2D eigenvalue weighted by molar-refractivity contribution is -0.162. The molecule has 3 rings (SSSR count). The second-order valence-corrected chi connectivity index (χ2v) is 8.54. The molecule has 0 aromatic heterocycles. The van der Waals surface area contributed by atoms with Crippen molar-refractivity contribution in [2.24, 2.45) is 28.6 Å². The first-order chi connectivity index (χ1) is 10.3. The molecule has 0 radical (unpaired) electrons. The lowest BCUT2D eigenvalue weighted by Gasteiger charge is -2.57. The second-order valence-electron chi connectivity index (χ2n) is 8.54. The van der Waals surface area contributed by atoms with Gasteiger partial charge in [-0.15, -0.1) is 0 Å². The van der Waals surface area contributed by atoms with E-state index in [-0.39, 0.29) is 11.3 Å². The van der Waals surface area contributed by atoms with Crippen LogP contribution in [0.25, 0.3) is 0 Å². The van der Waals surface area contributed by atoms with Crippen LogP contribution in [0.15, 0.2) is 23.3 Å². The van der Waals surface area contributed by atoms with Crippen LogP contribution in [0.2, 0.25) is 0 Å². The fourth-order valence-electron chi connectivity index (χ4n) is 5.60. The second kappa shape index (κ2) is 5.25. The van der Waals surface area contributed by atoms with Crippen molar-refractivity contribution in [1.29, 1.82) is 0 Å². The molecule has 0 saturated heterocycles. The van der Waals surface area contributed by atoms with Crippen molar-refractivity contribution >= 4 is 5.97 Å². The molecule has 0 aromatic carbocycles. The van der Waals surface area contributed by atoms with E-state index in [4.69, 9.17) is 0 Å². The quantitative estimate of drug-likeness (QED) is 0.760. The number of carboxylic acid groups (broad SMARTS) is 1. The molecule has 4 atom stereocenters. The van der Waals surface area contributed by atoms with Crippen molar-refractivity contribution < 1.29 is 9.90 Å². The first kappa shape index (κ1) is 15.8. The van der Waals surface area contributed by atoms with Crippen LogP contribution in [0.5, 0.6) is 0 Å². The third-order valence-corrected chi connectivity index (χ3v) is 7.07. The molecule has 2 nitrogen and oxygen atoms in total. The van der Waals surface area contributed by atoms with Gasteiger partial charge in [-0.2, -0.15) is 0 Å². The van der Waals surface area contributed by atoms with Gasteiger partial charge in [0.25, 0.3) is 0 Å². The highest BCUT2D eigenvalue weighted by molar-refractivity contribution is 5.75. The lowest BCUT2D eigenvalue weighted by atomic mass is 9.47. The fraction of sp³-hybridized carbons (Fsp3) is 0.750. The van der Waals surface area contributed by atoms with Gasteiger partial charge in [-0.1, -0.05) is 44.9 Å². The van der Waals surface area contributed by atoms with Gasteiger partial charge in [-0.3, -0.25) is 4.79 Å². The van der Waals surface area contributed by atoms with Gasteiger partial charge in [0.1, 0.15) is 0 Å². The van der Waals surface area contributed by atoms with Gasteiger partial charge >= 0.3 is 5.97 Å². The Morgan fingerprint density at radius 2 is 2.05 bits per heavy atom. The Morgan fingerprint density at radius 1 is 1.32 bits per heavy atom. The van der Waals surface area contributed by atoms with Gasteiger partial charge in [-0.05, 0) is 67.8 Å². The number of aliphatic carboxylic acids is 1. The van der Waals surface area contributed by atoms with Crippen molar-refractivity contribution in [2.75, 3.05) is 0 Å². The Labute approximate surface area is 134 Å². The van der Waals surface area contributed by atoms with Crippen molar-refractivity contribution in [3.63, 3.8) is 0 Å². The average Bonchev–Trinajstić information content (AvgIpc) is 2.46. The molecule has 3 aliphatic carbocycles. The lowest BCUT2D eigenvalue weighted by Crippen LogP contribution is -2.53. The summed E-state index contributed by atoms with van der Waals surface area (Å²) in [6.45, 7) is 8.93. The smallest absolute Gasteiger partial charge is 0.309 e. The third-order valence-electron chi connectivity index (χ3n) is 7.07. The predicted octanol–water partition coefficient (Wildman–Crippen LogP) is 5.21. The summed E-state index contributed by atoms with van der Waals surface area (Å²) >= 11 is 0. The summed E-state index contributed by atoms with van der Waals surface area (Å²) in [6, 6.07) is 0. The van der Waals surface area contributed by atoms with E-state index in [0.717, 1.165) is 19.3 Å². The van der Waals surface area contributed by atoms with E-state index in [1.807, 2.05) is 6.92 Å². The van der Waals surface area contributed by atoms with Crippen LogP contribution in [0, 0.1) is 28.6 Å². The zero-order valence-electron chi connectivity index (χ0n) is 14.5. The Morgan fingerprint density at radius 3 is 2.68 bits per heavy atom. The molecule has 0 bridgehead atoms. The minimum Gasteiger partial charge on any atom is -0.481 e. The van der Waals surface area contributed by atoms with Gasteiger partial charge in [-0.25, -0.2) is 0 Å². The van der Waals surface area contributed by atoms with E-state index in [2.05, 4.69) is 32.9 Å². The third kappa shape index (κ3) is 2.18. The highest BCUT2D eigenvalue weighted by Crippen LogP contribution is 2.62. The Kier molecular flexibility index (Phi) is 3.78. The van der Waals surface area contributed by atoms with Gasteiger partial charge in [0, 0.05) is 0 Å². The van der Waals surface area contributed by atoms with E-state index < -0.39 is 11.4 Å². The summed E-state index contributed by atoms with van der Waals surface area (Å²) in [5, 5.41) is 9.83. The number of hydrogen-bond acceptors (Lipinski definition) is 1. The fourth-order valence-corrected chi connectivity index (χ4v) is 5.60. The number of allylic oxidation sites excluding steroid dienone is 4. The average molecular weight is 302 g/mol. The number of carboxylic acids is 1. The molecule has 0 amide bonds. The minimum atomic E-state index is -0.588. The first-order valence-electron chi connectivity index (χ1n) is 8.93. The Hall–Kier alpha value is -1.05. The topological polar surface area (TPSA) is 37.3 Å². The summed E-state index contributed by atoms with van der Waals surface area (Å²) < 4.78 is 0. The molecular formula is C20H30O2. The highest BCUT2D eigenvalue weighted by Gasteiger charge is 2.57. The molecule has 0 aliphatic heterocycles. The normalized spacial score (nSPS) is 41.3. The van der Waals surface area contributed by atoms with Crippen molar-refractivity contribution in [3.05, 3.63) is 23.3 Å². The first-order valence-corrected chi connectivity index (χ1v) is 8.93. The molecule has 2 heteroatoms. The Balaban J connectivity index is 2.00. The minimum absolute atomic E-state index is 0.161. The van der Waals surface area contributed by atoms with Gasteiger partial charge in [0.05, 0.1) is 5.41 Å². The molecule has 22 heavy (non-hydrogen) atoms. The molecule has 1 N–H and O–H groups in total. The summed E-state index contributed by atoms with van der Waals surface area (Å²) in [5.74, 6) is 0.888. The van der Waals surface area contributed by atoms with Crippen molar-refractivity contribution in [1.82, 2.24) is 0 Å². The maximum absolute atomic E-state index is 11.9. The summed E-state index contributed by atoms with van der Waals surface area (Å²) in [6.07, 6.45) is 11.2. The van der Waals surface area contributed by atoms with Crippen LogP contribution in [0.4, 0.5) is 0 Å². The standard InChI is InChI=1S/C20H30O2/c1-13(2)14-6-8-16-15(12-14)7-9-17-19(16,3)10-5-11-20(17,4)18(21)22/h7,12-13,16-17H,5-6,8-11H2,1-4H3,(H,21,22)/t16-,17-,19-,20+/m1/s1. The van der Waals surface area contributed by atoms with E-state index in [1.54, 1.807) is 5.57 Å². The van der Waals surface area contributed by atoms with Crippen molar-refractivity contribution in [2.45, 2.75) is 66.2 Å². The largest absolute Gasteiger partial charge is 0.481 e. The molecular weight excluding hydrogens is 272 g/mol. The van der Waals surface area contributed by atoms with E-state index in [0.29, 0.717) is 11.8 Å². The number of hydrogen-bond donors (Lipinski definition) is 1.